The number of nitrogens with one attached hydrogen (secondary N) is 1. The molecular formula is C31H34N4O4. The SMILES string of the molecule is COc1ccc(-n2nc(-c3ccccc3)cc2NC(=O)CN(CC(C)C)C(=O)COCc2ccccc2)cc1. The minimum absolute atomic E-state index is 0.0971. The smallest absolute Gasteiger partial charge is 0.249 e. The topological polar surface area (TPSA) is 85.7 Å². The van der Waals surface area contributed by atoms with Crippen LogP contribution in [0.4, 0.5) is 5.82 Å². The number of hydrogen-bond acceptors (Lipinski definition) is 5. The van der Waals surface area contributed by atoms with E-state index in [4.69, 9.17) is 14.6 Å². The minimum Gasteiger partial charge on any atom is -0.497 e. The van der Waals surface area contributed by atoms with Crippen LogP contribution in [-0.4, -0.2) is 53.3 Å². The number of hydrogen-bond donors (Lipinski definition) is 1. The van der Waals surface area contributed by atoms with E-state index in [2.05, 4.69) is 5.32 Å². The van der Waals surface area contributed by atoms with Gasteiger partial charge in [0, 0.05) is 18.2 Å². The molecule has 0 radical (unpaired) electrons. The van der Waals surface area contributed by atoms with Crippen LogP contribution in [0, 0.1) is 5.92 Å². The molecule has 3 aromatic carbocycles. The summed E-state index contributed by atoms with van der Waals surface area (Å²) in [6.07, 6.45) is 0. The van der Waals surface area contributed by atoms with E-state index in [0.29, 0.717) is 24.7 Å². The zero-order valence-corrected chi connectivity index (χ0v) is 22.5. The van der Waals surface area contributed by atoms with Crippen molar-refractivity contribution in [2.75, 3.05) is 32.1 Å². The zero-order chi connectivity index (χ0) is 27.6. The fraction of sp³-hybridized carbons (Fsp3) is 0.258. The van der Waals surface area contributed by atoms with Gasteiger partial charge in [0.15, 0.2) is 0 Å². The predicted octanol–water partition coefficient (Wildman–Crippen LogP) is 5.19. The number of benzene rings is 3. The van der Waals surface area contributed by atoms with E-state index in [-0.39, 0.29) is 30.9 Å². The molecule has 2 amide bonds. The Balaban J connectivity index is 1.49. The predicted molar refractivity (Wildman–Crippen MR) is 152 cm³/mol. The van der Waals surface area contributed by atoms with Gasteiger partial charge in [0.1, 0.15) is 18.2 Å². The molecule has 0 aliphatic carbocycles. The summed E-state index contributed by atoms with van der Waals surface area (Å²) in [5.74, 6) is 0.855. The van der Waals surface area contributed by atoms with Gasteiger partial charge >= 0.3 is 0 Å². The van der Waals surface area contributed by atoms with Gasteiger partial charge in [-0.2, -0.15) is 5.10 Å². The van der Waals surface area contributed by atoms with Crippen LogP contribution in [0.25, 0.3) is 16.9 Å². The Morgan fingerprint density at radius 1 is 0.949 bits per heavy atom. The maximum absolute atomic E-state index is 13.2. The lowest BCUT2D eigenvalue weighted by Crippen LogP contribution is -2.42. The van der Waals surface area contributed by atoms with Crippen molar-refractivity contribution < 1.29 is 19.1 Å². The molecule has 0 unspecified atom stereocenters. The van der Waals surface area contributed by atoms with Crippen molar-refractivity contribution in [1.29, 1.82) is 0 Å². The van der Waals surface area contributed by atoms with Gasteiger partial charge in [-0.3, -0.25) is 9.59 Å². The number of ether oxygens (including phenoxy) is 2. The van der Waals surface area contributed by atoms with Crippen LogP contribution in [0.1, 0.15) is 19.4 Å². The summed E-state index contributed by atoms with van der Waals surface area (Å²) in [6, 6.07) is 28.7. The largest absolute Gasteiger partial charge is 0.497 e. The van der Waals surface area contributed by atoms with Gasteiger partial charge in [0.2, 0.25) is 11.8 Å². The molecule has 4 rings (SSSR count). The molecule has 4 aromatic rings. The maximum atomic E-state index is 13.2. The summed E-state index contributed by atoms with van der Waals surface area (Å²) in [5.41, 5.74) is 3.38. The van der Waals surface area contributed by atoms with E-state index in [1.807, 2.05) is 105 Å². The van der Waals surface area contributed by atoms with E-state index in [1.54, 1.807) is 11.8 Å². The summed E-state index contributed by atoms with van der Waals surface area (Å²) in [7, 11) is 1.61. The Hall–Kier alpha value is -4.43. The Labute approximate surface area is 229 Å². The number of rotatable bonds is 12. The van der Waals surface area contributed by atoms with Crippen molar-refractivity contribution in [1.82, 2.24) is 14.7 Å². The minimum atomic E-state index is -0.318. The molecule has 0 spiro atoms. The highest BCUT2D eigenvalue weighted by molar-refractivity contribution is 5.94. The van der Waals surface area contributed by atoms with Crippen molar-refractivity contribution in [3.63, 3.8) is 0 Å². The second-order valence-corrected chi connectivity index (χ2v) is 9.59. The van der Waals surface area contributed by atoms with Crippen LogP contribution < -0.4 is 10.1 Å². The number of amides is 2. The number of aromatic nitrogens is 2. The molecule has 0 bridgehead atoms. The molecule has 1 heterocycles. The van der Waals surface area contributed by atoms with Gasteiger partial charge in [0.05, 0.1) is 31.6 Å². The fourth-order valence-corrected chi connectivity index (χ4v) is 4.11. The third kappa shape index (κ3) is 7.78. The third-order valence-electron chi connectivity index (χ3n) is 5.97. The summed E-state index contributed by atoms with van der Waals surface area (Å²) in [4.78, 5) is 27.8. The highest BCUT2D eigenvalue weighted by Crippen LogP contribution is 2.26. The lowest BCUT2D eigenvalue weighted by Gasteiger charge is -2.24. The van der Waals surface area contributed by atoms with E-state index in [9.17, 15) is 9.59 Å². The molecule has 1 aromatic heterocycles. The van der Waals surface area contributed by atoms with Crippen molar-refractivity contribution in [3.8, 4) is 22.7 Å². The van der Waals surface area contributed by atoms with Crippen LogP contribution in [-0.2, 0) is 20.9 Å². The second-order valence-electron chi connectivity index (χ2n) is 9.59. The first-order valence-electron chi connectivity index (χ1n) is 12.9. The van der Waals surface area contributed by atoms with Gasteiger partial charge in [-0.25, -0.2) is 4.68 Å². The number of carbonyl (C=O) groups excluding carboxylic acids is 2. The van der Waals surface area contributed by atoms with Crippen LogP contribution >= 0.6 is 0 Å². The molecule has 0 atom stereocenters. The van der Waals surface area contributed by atoms with Crippen LogP contribution in [0.2, 0.25) is 0 Å². The number of methoxy groups -OCH3 is 1. The normalized spacial score (nSPS) is 10.9. The van der Waals surface area contributed by atoms with Crippen molar-refractivity contribution >= 4 is 17.6 Å². The lowest BCUT2D eigenvalue weighted by molar-refractivity contribution is -0.139. The highest BCUT2D eigenvalue weighted by Gasteiger charge is 2.21. The molecule has 0 saturated heterocycles. The van der Waals surface area contributed by atoms with Crippen molar-refractivity contribution in [3.05, 3.63) is 96.6 Å². The van der Waals surface area contributed by atoms with Gasteiger partial charge in [0.25, 0.3) is 0 Å². The van der Waals surface area contributed by atoms with E-state index >= 15 is 0 Å². The molecular weight excluding hydrogens is 492 g/mol. The van der Waals surface area contributed by atoms with Crippen LogP contribution in [0.15, 0.2) is 91.0 Å². The lowest BCUT2D eigenvalue weighted by atomic mass is 10.1. The quantitative estimate of drug-likeness (QED) is 0.275. The average molecular weight is 527 g/mol. The molecule has 0 aliphatic rings. The number of nitrogens with zero attached hydrogens (tertiary/aromatic N) is 3. The molecule has 0 saturated carbocycles. The van der Waals surface area contributed by atoms with Crippen molar-refractivity contribution in [2.24, 2.45) is 5.92 Å². The summed E-state index contributed by atoms with van der Waals surface area (Å²) >= 11 is 0. The molecule has 0 aliphatic heterocycles. The molecule has 39 heavy (non-hydrogen) atoms. The van der Waals surface area contributed by atoms with E-state index < -0.39 is 0 Å². The summed E-state index contributed by atoms with van der Waals surface area (Å²) in [6.45, 7) is 4.59. The van der Waals surface area contributed by atoms with E-state index in [1.165, 1.54) is 4.90 Å². The Bertz CT molecular complexity index is 1350. The first-order valence-corrected chi connectivity index (χ1v) is 12.9. The van der Waals surface area contributed by atoms with Gasteiger partial charge < -0.3 is 19.7 Å². The first-order chi connectivity index (χ1) is 18.9. The van der Waals surface area contributed by atoms with E-state index in [0.717, 1.165) is 22.6 Å². The number of carbonyl (C=O) groups is 2. The summed E-state index contributed by atoms with van der Waals surface area (Å²) in [5, 5.41) is 7.72. The average Bonchev–Trinajstić information content (AvgIpc) is 3.37. The molecule has 1 N–H and O–H groups in total. The third-order valence-corrected chi connectivity index (χ3v) is 5.97. The fourth-order valence-electron chi connectivity index (χ4n) is 4.11. The molecule has 202 valence electrons. The highest BCUT2D eigenvalue weighted by atomic mass is 16.5. The van der Waals surface area contributed by atoms with Crippen LogP contribution in [0.3, 0.4) is 0 Å². The monoisotopic (exact) mass is 526 g/mol. The van der Waals surface area contributed by atoms with Crippen LogP contribution in [0.5, 0.6) is 5.75 Å². The Kier molecular flexibility index (Phi) is 9.48. The summed E-state index contributed by atoms with van der Waals surface area (Å²) < 4.78 is 12.6. The maximum Gasteiger partial charge on any atom is 0.249 e. The standard InChI is InChI=1S/C31H34N4O4/c1-23(2)19-34(31(37)22-39-21-24-10-6-4-7-11-24)20-30(36)32-29-18-28(25-12-8-5-9-13-25)33-35(29)26-14-16-27(38-3)17-15-26/h4-18,23H,19-22H2,1-3H3,(H,32,36). The Morgan fingerprint density at radius 3 is 2.26 bits per heavy atom. The molecule has 0 fully saturated rings. The van der Waals surface area contributed by atoms with Gasteiger partial charge in [-0.1, -0.05) is 74.5 Å². The second kappa shape index (κ2) is 13.4. The van der Waals surface area contributed by atoms with Gasteiger partial charge in [-0.05, 0) is 35.7 Å². The number of anilines is 1. The molecule has 8 nitrogen and oxygen atoms in total. The van der Waals surface area contributed by atoms with Gasteiger partial charge in [-0.15, -0.1) is 0 Å². The first kappa shape index (κ1) is 27.6. The Morgan fingerprint density at radius 2 is 1.62 bits per heavy atom. The van der Waals surface area contributed by atoms with Crippen molar-refractivity contribution in [2.45, 2.75) is 20.5 Å². The zero-order valence-electron chi connectivity index (χ0n) is 22.5. The molecule has 8 heteroatoms.